The van der Waals surface area contributed by atoms with Gasteiger partial charge in [0, 0.05) is 22.1 Å². The molecule has 0 spiro atoms. The van der Waals surface area contributed by atoms with E-state index in [2.05, 4.69) is 9.44 Å². The minimum absolute atomic E-state index is 0.115. The van der Waals surface area contributed by atoms with Crippen molar-refractivity contribution in [3.05, 3.63) is 46.4 Å². The number of ether oxygens (including phenoxy) is 2. The molecule has 0 unspecified atom stereocenters. The van der Waals surface area contributed by atoms with Crippen molar-refractivity contribution in [3.63, 3.8) is 0 Å². The number of halogens is 2. The highest BCUT2D eigenvalue weighted by molar-refractivity contribution is 7.90. The van der Waals surface area contributed by atoms with Gasteiger partial charge in [-0.3, -0.25) is 0 Å². The van der Waals surface area contributed by atoms with Crippen LogP contribution in [-0.4, -0.2) is 43.1 Å². The normalized spacial score (nSPS) is 19.5. The summed E-state index contributed by atoms with van der Waals surface area (Å²) >= 11 is 12.0. The third-order valence-electron chi connectivity index (χ3n) is 5.21. The second-order valence-electron chi connectivity index (χ2n) is 7.33. The van der Waals surface area contributed by atoms with Crippen molar-refractivity contribution < 1.29 is 26.3 Å². The van der Waals surface area contributed by atoms with Crippen LogP contribution in [0.4, 0.5) is 0 Å². The quantitative estimate of drug-likeness (QED) is 0.548. The van der Waals surface area contributed by atoms with E-state index < -0.39 is 32.1 Å². The van der Waals surface area contributed by atoms with E-state index in [0.717, 1.165) is 12.8 Å². The molecule has 0 aromatic heterocycles. The molecular formula is C20H24Cl2N2O6S2. The Kier molecular flexibility index (Phi) is 7.95. The molecule has 1 aliphatic rings. The van der Waals surface area contributed by atoms with E-state index in [9.17, 15) is 16.8 Å². The van der Waals surface area contributed by atoms with Gasteiger partial charge in [-0.2, -0.15) is 0 Å². The summed E-state index contributed by atoms with van der Waals surface area (Å²) in [5.74, 6) is 0.275. The smallest absolute Gasteiger partial charge is 0.244 e. The number of hydrogen-bond acceptors (Lipinski definition) is 6. The molecule has 1 aliphatic carbocycles. The van der Waals surface area contributed by atoms with Crippen LogP contribution in [0.3, 0.4) is 0 Å². The van der Waals surface area contributed by atoms with Crippen LogP contribution in [0.5, 0.6) is 11.5 Å². The predicted molar refractivity (Wildman–Crippen MR) is 123 cm³/mol. The molecule has 8 nitrogen and oxygen atoms in total. The highest BCUT2D eigenvalue weighted by Crippen LogP contribution is 2.31. The molecule has 2 N–H and O–H groups in total. The van der Waals surface area contributed by atoms with E-state index in [1.165, 1.54) is 50.6 Å². The maximum Gasteiger partial charge on any atom is 0.244 e. The molecule has 0 heterocycles. The summed E-state index contributed by atoms with van der Waals surface area (Å²) in [6.45, 7) is 0. The molecule has 0 bridgehead atoms. The summed E-state index contributed by atoms with van der Waals surface area (Å²) in [7, 11) is -5.36. The number of benzene rings is 2. The molecule has 3 rings (SSSR count). The van der Waals surface area contributed by atoms with Crippen LogP contribution in [0.15, 0.2) is 46.2 Å². The van der Waals surface area contributed by atoms with Crippen LogP contribution in [0.25, 0.3) is 0 Å². The largest absolute Gasteiger partial charge is 0.495 e. The van der Waals surface area contributed by atoms with Crippen molar-refractivity contribution in [2.75, 3.05) is 14.2 Å². The van der Waals surface area contributed by atoms with Crippen LogP contribution >= 0.6 is 23.2 Å². The van der Waals surface area contributed by atoms with Crippen LogP contribution in [0.1, 0.15) is 25.7 Å². The molecule has 0 aliphatic heterocycles. The van der Waals surface area contributed by atoms with Gasteiger partial charge in [-0.1, -0.05) is 36.0 Å². The number of sulfonamides is 2. The molecular weight excluding hydrogens is 499 g/mol. The standard InChI is InChI=1S/C20H24Cl2N2O6S2/c1-29-17-9-7-13(21)11-19(17)31(25,26)23-15-5-3-4-6-16(15)24-32(27,28)20-12-14(22)8-10-18(20)30-2/h7-12,15-16,23-24H,3-6H2,1-2H3/t15-,16-/m1/s1. The van der Waals surface area contributed by atoms with Crippen molar-refractivity contribution in [1.82, 2.24) is 9.44 Å². The summed E-state index contributed by atoms with van der Waals surface area (Å²) in [5, 5.41) is 0.472. The van der Waals surface area contributed by atoms with E-state index in [0.29, 0.717) is 12.8 Å². The number of methoxy groups -OCH3 is 2. The second-order valence-corrected chi connectivity index (χ2v) is 11.6. The fraction of sp³-hybridized carbons (Fsp3) is 0.400. The lowest BCUT2D eigenvalue weighted by Crippen LogP contribution is -2.53. The van der Waals surface area contributed by atoms with Crippen LogP contribution in [0.2, 0.25) is 10.0 Å². The van der Waals surface area contributed by atoms with E-state index in [-0.39, 0.29) is 31.3 Å². The van der Waals surface area contributed by atoms with Gasteiger partial charge in [-0.25, -0.2) is 26.3 Å². The zero-order chi connectivity index (χ0) is 23.5. The minimum Gasteiger partial charge on any atom is -0.495 e. The maximum absolute atomic E-state index is 13.1. The maximum atomic E-state index is 13.1. The minimum atomic E-state index is -4.04. The third kappa shape index (κ3) is 5.67. The molecule has 12 heteroatoms. The molecule has 2 aromatic carbocycles. The Labute approximate surface area is 198 Å². The Bertz CT molecular complexity index is 1100. The van der Waals surface area contributed by atoms with Gasteiger partial charge in [-0.05, 0) is 49.2 Å². The molecule has 2 aromatic rings. The SMILES string of the molecule is COc1ccc(Cl)cc1S(=O)(=O)N[C@@H]1CCCC[C@H]1NS(=O)(=O)c1cc(Cl)ccc1OC. The zero-order valence-electron chi connectivity index (χ0n) is 17.5. The summed E-state index contributed by atoms with van der Waals surface area (Å²) in [5.41, 5.74) is 0. The molecule has 1 fully saturated rings. The van der Waals surface area contributed by atoms with Gasteiger partial charge in [-0.15, -0.1) is 0 Å². The van der Waals surface area contributed by atoms with Crippen molar-refractivity contribution in [2.45, 2.75) is 47.6 Å². The fourth-order valence-corrected chi connectivity index (χ4v) is 7.15. The lowest BCUT2D eigenvalue weighted by atomic mass is 9.92. The van der Waals surface area contributed by atoms with Crippen molar-refractivity contribution >= 4 is 43.2 Å². The predicted octanol–water partition coefficient (Wildman–Crippen LogP) is 3.58. The van der Waals surface area contributed by atoms with E-state index in [4.69, 9.17) is 32.7 Å². The lowest BCUT2D eigenvalue weighted by Gasteiger charge is -2.32. The van der Waals surface area contributed by atoms with Gasteiger partial charge in [0.2, 0.25) is 20.0 Å². The first kappa shape index (κ1) is 25.1. The second kappa shape index (κ2) is 10.1. The Hall–Kier alpha value is -1.56. The third-order valence-corrected chi connectivity index (χ3v) is 8.70. The van der Waals surface area contributed by atoms with E-state index in [1.54, 1.807) is 0 Å². The summed E-state index contributed by atoms with van der Waals surface area (Å²) in [6, 6.07) is 7.22. The monoisotopic (exact) mass is 522 g/mol. The molecule has 32 heavy (non-hydrogen) atoms. The van der Waals surface area contributed by atoms with Gasteiger partial charge >= 0.3 is 0 Å². The molecule has 2 atom stereocenters. The fourth-order valence-electron chi connectivity index (χ4n) is 3.66. The topological polar surface area (TPSA) is 111 Å². The lowest BCUT2D eigenvalue weighted by molar-refractivity contribution is 0.338. The number of rotatable bonds is 8. The average molecular weight is 523 g/mol. The first-order chi connectivity index (χ1) is 15.1. The first-order valence-corrected chi connectivity index (χ1v) is 13.5. The van der Waals surface area contributed by atoms with Gasteiger partial charge in [0.05, 0.1) is 14.2 Å². The van der Waals surface area contributed by atoms with Crippen LogP contribution in [0, 0.1) is 0 Å². The Morgan fingerprint density at radius 3 is 1.47 bits per heavy atom. The van der Waals surface area contributed by atoms with Crippen molar-refractivity contribution in [1.29, 1.82) is 0 Å². The van der Waals surface area contributed by atoms with E-state index >= 15 is 0 Å². The average Bonchev–Trinajstić information content (AvgIpc) is 2.74. The number of nitrogens with one attached hydrogen (secondary N) is 2. The summed E-state index contributed by atoms with van der Waals surface area (Å²) in [6.07, 6.45) is 2.42. The highest BCUT2D eigenvalue weighted by atomic mass is 35.5. The molecule has 0 saturated heterocycles. The molecule has 176 valence electrons. The van der Waals surface area contributed by atoms with Crippen LogP contribution in [-0.2, 0) is 20.0 Å². The molecule has 1 saturated carbocycles. The van der Waals surface area contributed by atoms with Crippen LogP contribution < -0.4 is 18.9 Å². The Balaban J connectivity index is 1.89. The van der Waals surface area contributed by atoms with E-state index in [1.807, 2.05) is 0 Å². The first-order valence-electron chi connectivity index (χ1n) is 9.79. The molecule has 0 radical (unpaired) electrons. The van der Waals surface area contributed by atoms with Gasteiger partial charge < -0.3 is 9.47 Å². The Morgan fingerprint density at radius 1 is 0.750 bits per heavy atom. The van der Waals surface area contributed by atoms with Gasteiger partial charge in [0.25, 0.3) is 0 Å². The van der Waals surface area contributed by atoms with Crippen molar-refractivity contribution in [3.8, 4) is 11.5 Å². The van der Waals surface area contributed by atoms with Crippen molar-refractivity contribution in [2.24, 2.45) is 0 Å². The van der Waals surface area contributed by atoms with Gasteiger partial charge in [0.15, 0.2) is 0 Å². The zero-order valence-corrected chi connectivity index (χ0v) is 20.6. The van der Waals surface area contributed by atoms with Gasteiger partial charge in [0.1, 0.15) is 21.3 Å². The molecule has 0 amide bonds. The Morgan fingerprint density at radius 2 is 1.12 bits per heavy atom. The highest BCUT2D eigenvalue weighted by Gasteiger charge is 2.34. The summed E-state index contributed by atoms with van der Waals surface area (Å²) in [4.78, 5) is -0.229. The summed E-state index contributed by atoms with van der Waals surface area (Å²) < 4.78 is 68.0. The number of hydrogen-bond donors (Lipinski definition) is 2.